The Morgan fingerprint density at radius 2 is 2.00 bits per heavy atom. The van der Waals surface area contributed by atoms with Crippen molar-refractivity contribution in [2.75, 3.05) is 6.54 Å². The summed E-state index contributed by atoms with van der Waals surface area (Å²) in [5, 5.41) is 0. The second-order valence-corrected chi connectivity index (χ2v) is 8.12. The zero-order chi connectivity index (χ0) is 15.5. The van der Waals surface area contributed by atoms with Gasteiger partial charge in [-0.15, -0.1) is 0 Å². The van der Waals surface area contributed by atoms with Crippen LogP contribution in [0.2, 0.25) is 0 Å². The Hall–Kier alpha value is -0.850. The standard InChI is InChI=1S/C15H27N3O2S/c1-3-18-11-14(9-13(18)10-16)21(19,20)17-12-15(2)7-5-4-6-8-15/h9,11,17H,3-8,10,12,16H2,1-2H3. The van der Waals surface area contributed by atoms with Crippen LogP contribution in [-0.4, -0.2) is 19.5 Å². The molecule has 120 valence electrons. The van der Waals surface area contributed by atoms with Crippen molar-refractivity contribution in [1.82, 2.24) is 9.29 Å². The predicted octanol–water partition coefficient (Wildman–Crippen LogP) is 2.22. The van der Waals surface area contributed by atoms with Crippen LogP contribution in [0.1, 0.15) is 51.6 Å². The molecule has 0 saturated heterocycles. The first-order valence-corrected chi connectivity index (χ1v) is 9.27. The maximum atomic E-state index is 12.4. The molecule has 1 fully saturated rings. The number of nitrogens with two attached hydrogens (primary N) is 1. The molecule has 1 aromatic heterocycles. The van der Waals surface area contributed by atoms with E-state index in [0.717, 1.165) is 25.1 Å². The van der Waals surface area contributed by atoms with Crippen LogP contribution >= 0.6 is 0 Å². The van der Waals surface area contributed by atoms with E-state index in [1.807, 2.05) is 11.5 Å². The molecule has 0 bridgehead atoms. The molecule has 0 amide bonds. The molecule has 6 heteroatoms. The summed E-state index contributed by atoms with van der Waals surface area (Å²) >= 11 is 0. The fourth-order valence-corrected chi connectivity index (χ4v) is 4.34. The van der Waals surface area contributed by atoms with E-state index in [0.29, 0.717) is 18.0 Å². The van der Waals surface area contributed by atoms with Crippen LogP contribution in [0.3, 0.4) is 0 Å². The molecule has 0 aliphatic heterocycles. The van der Waals surface area contributed by atoms with Gasteiger partial charge in [-0.25, -0.2) is 13.1 Å². The van der Waals surface area contributed by atoms with Crippen LogP contribution in [0, 0.1) is 5.41 Å². The Morgan fingerprint density at radius 3 is 2.52 bits per heavy atom. The molecule has 1 aromatic rings. The minimum Gasteiger partial charge on any atom is -0.349 e. The van der Waals surface area contributed by atoms with Crippen molar-refractivity contribution in [1.29, 1.82) is 0 Å². The van der Waals surface area contributed by atoms with Gasteiger partial charge in [0.1, 0.15) is 0 Å². The first-order chi connectivity index (χ1) is 9.90. The number of rotatable bonds is 6. The minimum absolute atomic E-state index is 0.0926. The Kier molecular flexibility index (Phi) is 5.11. The summed E-state index contributed by atoms with van der Waals surface area (Å²) in [6.07, 6.45) is 7.53. The normalized spacial score (nSPS) is 18.8. The van der Waals surface area contributed by atoms with Crippen molar-refractivity contribution in [2.24, 2.45) is 11.1 Å². The van der Waals surface area contributed by atoms with E-state index >= 15 is 0 Å². The lowest BCUT2D eigenvalue weighted by Gasteiger charge is -2.33. The monoisotopic (exact) mass is 313 g/mol. The van der Waals surface area contributed by atoms with Crippen LogP contribution in [0.4, 0.5) is 0 Å². The van der Waals surface area contributed by atoms with Gasteiger partial charge in [0.15, 0.2) is 0 Å². The van der Waals surface area contributed by atoms with E-state index in [4.69, 9.17) is 5.73 Å². The number of hydrogen-bond acceptors (Lipinski definition) is 3. The second kappa shape index (κ2) is 6.50. The van der Waals surface area contributed by atoms with Crippen LogP contribution in [0.5, 0.6) is 0 Å². The molecule has 1 saturated carbocycles. The third-order valence-electron chi connectivity index (χ3n) is 4.57. The maximum absolute atomic E-state index is 12.4. The molecule has 1 heterocycles. The molecular weight excluding hydrogens is 286 g/mol. The molecule has 0 atom stereocenters. The maximum Gasteiger partial charge on any atom is 0.242 e. The summed E-state index contributed by atoms with van der Waals surface area (Å²) in [6.45, 7) is 5.74. The van der Waals surface area contributed by atoms with Gasteiger partial charge >= 0.3 is 0 Å². The van der Waals surface area contributed by atoms with Gasteiger partial charge in [0.05, 0.1) is 4.90 Å². The van der Waals surface area contributed by atoms with E-state index in [1.54, 1.807) is 12.3 Å². The van der Waals surface area contributed by atoms with E-state index in [9.17, 15) is 8.42 Å². The minimum atomic E-state index is -3.45. The molecule has 1 aliphatic rings. The first-order valence-electron chi connectivity index (χ1n) is 7.79. The van der Waals surface area contributed by atoms with Crippen LogP contribution in [0.15, 0.2) is 17.2 Å². The number of aromatic nitrogens is 1. The highest BCUT2D eigenvalue weighted by molar-refractivity contribution is 7.89. The fraction of sp³-hybridized carbons (Fsp3) is 0.733. The molecule has 0 radical (unpaired) electrons. The van der Waals surface area contributed by atoms with Crippen molar-refractivity contribution in [2.45, 2.75) is 63.9 Å². The van der Waals surface area contributed by atoms with E-state index in [1.165, 1.54) is 19.3 Å². The van der Waals surface area contributed by atoms with Gasteiger partial charge in [-0.2, -0.15) is 0 Å². The Labute approximate surface area is 128 Å². The molecule has 0 unspecified atom stereocenters. The Bertz CT molecular complexity index is 550. The summed E-state index contributed by atoms with van der Waals surface area (Å²) in [5.74, 6) is 0. The van der Waals surface area contributed by atoms with Gasteiger partial charge in [0.2, 0.25) is 10.0 Å². The number of sulfonamides is 1. The number of hydrogen-bond donors (Lipinski definition) is 2. The highest BCUT2D eigenvalue weighted by Crippen LogP contribution is 2.35. The smallest absolute Gasteiger partial charge is 0.242 e. The van der Waals surface area contributed by atoms with Gasteiger partial charge < -0.3 is 10.3 Å². The Balaban J connectivity index is 2.09. The molecule has 1 aliphatic carbocycles. The van der Waals surface area contributed by atoms with Gasteiger partial charge in [-0.3, -0.25) is 0 Å². The van der Waals surface area contributed by atoms with Crippen molar-refractivity contribution in [3.8, 4) is 0 Å². The highest BCUT2D eigenvalue weighted by atomic mass is 32.2. The summed E-state index contributed by atoms with van der Waals surface area (Å²) in [4.78, 5) is 0.323. The largest absolute Gasteiger partial charge is 0.349 e. The highest BCUT2D eigenvalue weighted by Gasteiger charge is 2.29. The van der Waals surface area contributed by atoms with Crippen LogP contribution < -0.4 is 10.5 Å². The number of nitrogens with zero attached hydrogens (tertiary/aromatic N) is 1. The average molecular weight is 313 g/mol. The van der Waals surface area contributed by atoms with Crippen molar-refractivity contribution in [3.63, 3.8) is 0 Å². The van der Waals surface area contributed by atoms with Crippen molar-refractivity contribution in [3.05, 3.63) is 18.0 Å². The third kappa shape index (κ3) is 3.87. The summed E-state index contributed by atoms with van der Waals surface area (Å²) in [7, 11) is -3.45. The second-order valence-electron chi connectivity index (χ2n) is 6.35. The molecule has 5 nitrogen and oxygen atoms in total. The van der Waals surface area contributed by atoms with Crippen molar-refractivity contribution < 1.29 is 8.42 Å². The summed E-state index contributed by atoms with van der Waals surface area (Å²) in [5.41, 5.74) is 6.60. The molecule has 0 aromatic carbocycles. The van der Waals surface area contributed by atoms with Crippen molar-refractivity contribution >= 4 is 10.0 Å². The predicted molar refractivity (Wildman–Crippen MR) is 84.4 cm³/mol. The van der Waals surface area contributed by atoms with Gasteiger partial charge in [0.25, 0.3) is 0 Å². The van der Waals surface area contributed by atoms with E-state index in [-0.39, 0.29) is 5.41 Å². The third-order valence-corrected chi connectivity index (χ3v) is 5.94. The zero-order valence-electron chi connectivity index (χ0n) is 13.1. The Morgan fingerprint density at radius 1 is 1.33 bits per heavy atom. The quantitative estimate of drug-likeness (QED) is 0.845. The zero-order valence-corrected chi connectivity index (χ0v) is 13.9. The van der Waals surface area contributed by atoms with Crippen LogP contribution in [-0.2, 0) is 23.1 Å². The topological polar surface area (TPSA) is 77.1 Å². The first kappa shape index (κ1) is 16.5. The van der Waals surface area contributed by atoms with Gasteiger partial charge in [-0.05, 0) is 31.2 Å². The molecular formula is C15H27N3O2S. The lowest BCUT2D eigenvalue weighted by Crippen LogP contribution is -2.36. The van der Waals surface area contributed by atoms with Crippen LogP contribution in [0.25, 0.3) is 0 Å². The molecule has 2 rings (SSSR count). The average Bonchev–Trinajstić information content (AvgIpc) is 2.90. The van der Waals surface area contributed by atoms with Gasteiger partial charge in [0, 0.05) is 31.5 Å². The number of nitrogens with one attached hydrogen (secondary N) is 1. The number of aryl methyl sites for hydroxylation is 1. The summed E-state index contributed by atoms with van der Waals surface area (Å²) in [6, 6.07) is 1.68. The van der Waals surface area contributed by atoms with E-state index < -0.39 is 10.0 Å². The lowest BCUT2D eigenvalue weighted by molar-refractivity contribution is 0.219. The fourth-order valence-electron chi connectivity index (χ4n) is 3.07. The molecule has 0 spiro atoms. The van der Waals surface area contributed by atoms with Gasteiger partial charge in [-0.1, -0.05) is 26.2 Å². The lowest BCUT2D eigenvalue weighted by atomic mass is 9.76. The summed E-state index contributed by atoms with van der Waals surface area (Å²) < 4.78 is 29.6. The molecule has 21 heavy (non-hydrogen) atoms. The van der Waals surface area contributed by atoms with E-state index in [2.05, 4.69) is 11.6 Å². The molecule has 3 N–H and O–H groups in total. The SMILES string of the molecule is CCn1cc(S(=O)(=O)NCC2(C)CCCCC2)cc1CN.